The zero-order valence-electron chi connectivity index (χ0n) is 13.7. The van der Waals surface area contributed by atoms with Crippen molar-refractivity contribution in [2.45, 2.75) is 45.9 Å². The van der Waals surface area contributed by atoms with Gasteiger partial charge in [-0.1, -0.05) is 12.1 Å². The van der Waals surface area contributed by atoms with E-state index in [-0.39, 0.29) is 29.9 Å². The molecule has 1 fully saturated rings. The number of carbonyl (C=O) groups excluding carboxylic acids is 2. The molecule has 1 aromatic carbocycles. The molecule has 0 bridgehead atoms. The molecule has 2 rings (SSSR count). The van der Waals surface area contributed by atoms with Gasteiger partial charge in [0.05, 0.1) is 5.69 Å². The Bertz CT molecular complexity index is 549. The topological polar surface area (TPSA) is 59.8 Å². The zero-order chi connectivity index (χ0) is 16.3. The Kier molecular flexibility index (Phi) is 5.32. The highest BCUT2D eigenvalue weighted by molar-refractivity contribution is 6.04. The van der Waals surface area contributed by atoms with Crippen molar-refractivity contribution in [1.29, 1.82) is 0 Å². The maximum absolute atomic E-state index is 12.5. The summed E-state index contributed by atoms with van der Waals surface area (Å²) in [5.74, 6) is -0.116. The van der Waals surface area contributed by atoms with Crippen LogP contribution in [0.3, 0.4) is 0 Å². The molecule has 0 spiro atoms. The molecular weight excluding hydrogens is 280 g/mol. The minimum atomic E-state index is -0.186. The first-order valence-corrected chi connectivity index (χ1v) is 7.79. The molecule has 1 amide bonds. The number of ketones is 1. The molecule has 0 aromatic heterocycles. The molecule has 1 saturated heterocycles. The third-order valence-corrected chi connectivity index (χ3v) is 4.13. The second kappa shape index (κ2) is 7.03. The number of hydrogen-bond acceptors (Lipinski definition) is 3. The SMILES string of the molecule is CC(=O)c1ccccc1NC(=O)[C@H](C)[NH+]1C[C@H](C)O[C@@H](C)C1. The van der Waals surface area contributed by atoms with Crippen LogP contribution in [-0.4, -0.2) is 43.0 Å². The number of amides is 1. The van der Waals surface area contributed by atoms with Crippen LogP contribution < -0.4 is 10.2 Å². The third-order valence-electron chi connectivity index (χ3n) is 4.13. The van der Waals surface area contributed by atoms with Crippen molar-refractivity contribution in [3.05, 3.63) is 29.8 Å². The van der Waals surface area contributed by atoms with Crippen LogP contribution in [0.2, 0.25) is 0 Å². The van der Waals surface area contributed by atoms with Crippen molar-refractivity contribution < 1.29 is 19.2 Å². The molecule has 120 valence electrons. The van der Waals surface area contributed by atoms with E-state index in [1.807, 2.05) is 26.8 Å². The fraction of sp³-hybridized carbons (Fsp3) is 0.529. The maximum atomic E-state index is 12.5. The molecule has 3 atom stereocenters. The summed E-state index contributed by atoms with van der Waals surface area (Å²) in [5.41, 5.74) is 1.13. The standard InChI is InChI=1S/C17H24N2O3/c1-11-9-19(10-12(2)22-11)13(3)17(21)18-16-8-6-5-7-15(16)14(4)20/h5-8,11-13H,9-10H2,1-4H3,(H,18,21)/p+1/t11-,12-,13-/m0/s1. The molecule has 1 aliphatic heterocycles. The van der Waals surface area contributed by atoms with E-state index in [4.69, 9.17) is 4.74 Å². The molecule has 0 unspecified atom stereocenters. The highest BCUT2D eigenvalue weighted by atomic mass is 16.5. The van der Waals surface area contributed by atoms with E-state index in [9.17, 15) is 9.59 Å². The van der Waals surface area contributed by atoms with E-state index in [2.05, 4.69) is 5.32 Å². The summed E-state index contributed by atoms with van der Waals surface area (Å²) in [4.78, 5) is 25.4. The smallest absolute Gasteiger partial charge is 0.282 e. The summed E-state index contributed by atoms with van der Waals surface area (Å²) in [6.07, 6.45) is 0.303. The minimum absolute atomic E-state index is 0.0514. The molecule has 0 saturated carbocycles. The zero-order valence-corrected chi connectivity index (χ0v) is 13.7. The first-order chi connectivity index (χ1) is 10.4. The number of carbonyl (C=O) groups is 2. The number of quaternary nitrogens is 1. The van der Waals surface area contributed by atoms with Crippen LogP contribution in [0, 0.1) is 0 Å². The predicted molar refractivity (Wildman–Crippen MR) is 85.2 cm³/mol. The van der Waals surface area contributed by atoms with Gasteiger partial charge in [0.15, 0.2) is 11.8 Å². The van der Waals surface area contributed by atoms with Gasteiger partial charge < -0.3 is 15.0 Å². The molecule has 1 aromatic rings. The first-order valence-electron chi connectivity index (χ1n) is 7.79. The van der Waals surface area contributed by atoms with Crippen LogP contribution >= 0.6 is 0 Å². The lowest BCUT2D eigenvalue weighted by Crippen LogP contribution is -3.19. The predicted octanol–water partition coefficient (Wildman–Crippen LogP) is 0.908. The Morgan fingerprint density at radius 2 is 1.82 bits per heavy atom. The van der Waals surface area contributed by atoms with Crippen molar-refractivity contribution in [1.82, 2.24) is 0 Å². The average molecular weight is 305 g/mol. The Hall–Kier alpha value is -1.72. The van der Waals surface area contributed by atoms with Gasteiger partial charge in [-0.25, -0.2) is 0 Å². The monoisotopic (exact) mass is 305 g/mol. The van der Waals surface area contributed by atoms with Crippen molar-refractivity contribution in [3.8, 4) is 0 Å². The van der Waals surface area contributed by atoms with Gasteiger partial charge in [0.2, 0.25) is 0 Å². The second-order valence-corrected chi connectivity index (χ2v) is 6.14. The van der Waals surface area contributed by atoms with Gasteiger partial charge in [-0.15, -0.1) is 0 Å². The molecule has 5 heteroatoms. The Labute approximate surface area is 131 Å². The fourth-order valence-electron chi connectivity index (χ4n) is 2.99. The number of benzene rings is 1. The van der Waals surface area contributed by atoms with Crippen molar-refractivity contribution in [3.63, 3.8) is 0 Å². The molecular formula is C17H25N2O3+. The number of morpholine rings is 1. The lowest BCUT2D eigenvalue weighted by molar-refractivity contribution is -0.928. The van der Waals surface area contributed by atoms with Crippen molar-refractivity contribution >= 4 is 17.4 Å². The fourth-order valence-corrected chi connectivity index (χ4v) is 2.99. The molecule has 0 aliphatic carbocycles. The van der Waals surface area contributed by atoms with Crippen LogP contribution in [0.1, 0.15) is 38.1 Å². The number of hydrogen-bond donors (Lipinski definition) is 2. The van der Waals surface area contributed by atoms with Crippen LogP contribution in [0.25, 0.3) is 0 Å². The number of anilines is 1. The lowest BCUT2D eigenvalue weighted by Gasteiger charge is -2.35. The number of Topliss-reactive ketones (excluding diaryl/α,β-unsaturated/α-hetero) is 1. The van der Waals surface area contributed by atoms with Gasteiger partial charge in [0.1, 0.15) is 25.3 Å². The highest BCUT2D eigenvalue weighted by Gasteiger charge is 2.33. The summed E-state index contributed by atoms with van der Waals surface area (Å²) < 4.78 is 5.72. The Morgan fingerprint density at radius 3 is 2.41 bits per heavy atom. The minimum Gasteiger partial charge on any atom is -0.364 e. The third kappa shape index (κ3) is 3.93. The quantitative estimate of drug-likeness (QED) is 0.813. The molecule has 1 aliphatic rings. The lowest BCUT2D eigenvalue weighted by atomic mass is 10.1. The van der Waals surface area contributed by atoms with Crippen molar-refractivity contribution in [2.75, 3.05) is 18.4 Å². The Morgan fingerprint density at radius 1 is 1.23 bits per heavy atom. The van der Waals surface area contributed by atoms with Gasteiger partial charge in [0, 0.05) is 5.56 Å². The summed E-state index contributed by atoms with van der Waals surface area (Å²) in [6, 6.07) is 6.93. The van der Waals surface area contributed by atoms with Gasteiger partial charge in [-0.3, -0.25) is 9.59 Å². The van der Waals surface area contributed by atoms with E-state index in [1.165, 1.54) is 11.8 Å². The summed E-state index contributed by atoms with van der Waals surface area (Å²) >= 11 is 0. The molecule has 1 heterocycles. The molecule has 0 radical (unpaired) electrons. The summed E-state index contributed by atoms with van der Waals surface area (Å²) in [7, 11) is 0. The second-order valence-electron chi connectivity index (χ2n) is 6.14. The van der Waals surface area contributed by atoms with Crippen LogP contribution in [-0.2, 0) is 9.53 Å². The van der Waals surface area contributed by atoms with Gasteiger partial charge >= 0.3 is 0 Å². The van der Waals surface area contributed by atoms with E-state index in [0.29, 0.717) is 11.3 Å². The van der Waals surface area contributed by atoms with Gasteiger partial charge in [-0.2, -0.15) is 0 Å². The number of nitrogens with one attached hydrogen (secondary N) is 2. The van der Waals surface area contributed by atoms with E-state index in [0.717, 1.165) is 13.1 Å². The van der Waals surface area contributed by atoms with Gasteiger partial charge in [-0.05, 0) is 39.8 Å². The highest BCUT2D eigenvalue weighted by Crippen LogP contribution is 2.15. The first kappa shape index (κ1) is 16.6. The summed E-state index contributed by atoms with van der Waals surface area (Å²) in [5, 5.41) is 2.90. The van der Waals surface area contributed by atoms with Crippen LogP contribution in [0.5, 0.6) is 0 Å². The molecule has 2 N–H and O–H groups in total. The van der Waals surface area contributed by atoms with E-state index < -0.39 is 0 Å². The van der Waals surface area contributed by atoms with Crippen LogP contribution in [0.4, 0.5) is 5.69 Å². The van der Waals surface area contributed by atoms with Crippen molar-refractivity contribution in [2.24, 2.45) is 0 Å². The number of ether oxygens (including phenoxy) is 1. The number of rotatable bonds is 4. The molecule has 5 nitrogen and oxygen atoms in total. The van der Waals surface area contributed by atoms with E-state index in [1.54, 1.807) is 18.2 Å². The van der Waals surface area contributed by atoms with Crippen LogP contribution in [0.15, 0.2) is 24.3 Å². The summed E-state index contributed by atoms with van der Waals surface area (Å²) in [6.45, 7) is 9.12. The van der Waals surface area contributed by atoms with E-state index >= 15 is 0 Å². The number of para-hydroxylation sites is 1. The maximum Gasteiger partial charge on any atom is 0.282 e. The average Bonchev–Trinajstić information content (AvgIpc) is 2.45. The van der Waals surface area contributed by atoms with Gasteiger partial charge in [0.25, 0.3) is 5.91 Å². The normalized spacial score (nSPS) is 26.3. The Balaban J connectivity index is 2.07. The molecule has 22 heavy (non-hydrogen) atoms. The largest absolute Gasteiger partial charge is 0.364 e.